The number of benzene rings is 2. The molecule has 0 bridgehead atoms. The zero-order valence-corrected chi connectivity index (χ0v) is 21.9. The number of pyridine rings is 1. The van der Waals surface area contributed by atoms with E-state index in [4.69, 9.17) is 0 Å². The number of carbonyl (C=O) groups is 2. The van der Waals surface area contributed by atoms with Gasteiger partial charge in [-0.25, -0.2) is 22.5 Å². The third kappa shape index (κ3) is 5.05. The average Bonchev–Trinajstić information content (AvgIpc) is 3.59. The molecule has 212 valence electrons. The molecule has 11 heteroatoms. The first-order valence-corrected chi connectivity index (χ1v) is 13.4. The van der Waals surface area contributed by atoms with Gasteiger partial charge in [0.2, 0.25) is 17.7 Å². The van der Waals surface area contributed by atoms with Gasteiger partial charge in [0.15, 0.2) is 0 Å². The number of amides is 2. The highest BCUT2D eigenvalue weighted by Crippen LogP contribution is 2.48. The molecule has 2 amide bonds. The van der Waals surface area contributed by atoms with Crippen molar-refractivity contribution in [2.75, 3.05) is 11.9 Å². The molecule has 2 aromatic heterocycles. The second-order valence-corrected chi connectivity index (χ2v) is 10.8. The summed E-state index contributed by atoms with van der Waals surface area (Å²) in [6, 6.07) is 15.2. The van der Waals surface area contributed by atoms with Crippen LogP contribution in [0.1, 0.15) is 37.7 Å². The maximum absolute atomic E-state index is 15.4. The van der Waals surface area contributed by atoms with Gasteiger partial charge in [-0.05, 0) is 42.2 Å². The van der Waals surface area contributed by atoms with Crippen LogP contribution >= 0.6 is 0 Å². The summed E-state index contributed by atoms with van der Waals surface area (Å²) in [7, 11) is 0. The molecular weight excluding hydrogens is 538 g/mol. The van der Waals surface area contributed by atoms with Crippen LogP contribution in [0, 0.1) is 5.82 Å². The fourth-order valence-corrected chi connectivity index (χ4v) is 5.98. The fraction of sp³-hybridized carbons (Fsp3) is 0.333. The molecule has 7 nitrogen and oxygen atoms in total. The molecule has 2 N–H and O–H groups in total. The average molecular weight is 566 g/mol. The number of H-pyrrole nitrogens is 1. The van der Waals surface area contributed by atoms with Gasteiger partial charge in [-0.1, -0.05) is 42.5 Å². The van der Waals surface area contributed by atoms with Crippen LogP contribution in [0.25, 0.3) is 22.2 Å². The maximum atomic E-state index is 15.4. The molecule has 1 unspecified atom stereocenters. The van der Waals surface area contributed by atoms with E-state index >= 15 is 4.39 Å². The number of nitrogens with zero attached hydrogens (tertiary/aromatic N) is 3. The van der Waals surface area contributed by atoms with Crippen molar-refractivity contribution in [3.63, 3.8) is 0 Å². The summed E-state index contributed by atoms with van der Waals surface area (Å²) < 4.78 is 58.9. The molecule has 41 heavy (non-hydrogen) atoms. The lowest BCUT2D eigenvalue weighted by atomic mass is 9.67. The Bertz CT molecular complexity index is 1600. The molecule has 2 fully saturated rings. The Morgan fingerprint density at radius 1 is 1.00 bits per heavy atom. The Morgan fingerprint density at radius 3 is 2.49 bits per heavy atom. The number of fused-ring (bicyclic) bond motifs is 1. The van der Waals surface area contributed by atoms with Crippen LogP contribution in [0.5, 0.6) is 0 Å². The monoisotopic (exact) mass is 565 g/mol. The number of rotatable bonds is 5. The van der Waals surface area contributed by atoms with E-state index in [0.29, 0.717) is 22.2 Å². The van der Waals surface area contributed by atoms with E-state index in [1.807, 2.05) is 0 Å². The topological polar surface area (TPSA) is 91.0 Å². The molecule has 1 saturated heterocycles. The second kappa shape index (κ2) is 10.3. The van der Waals surface area contributed by atoms with Gasteiger partial charge < -0.3 is 10.2 Å². The molecule has 1 aliphatic heterocycles. The largest absolute Gasteiger partial charge is 0.327 e. The van der Waals surface area contributed by atoms with Gasteiger partial charge in [-0.15, -0.1) is 0 Å². The highest BCUT2D eigenvalue weighted by molar-refractivity contribution is 5.99. The fourth-order valence-electron chi connectivity index (χ4n) is 5.98. The summed E-state index contributed by atoms with van der Waals surface area (Å²) in [5.74, 6) is -4.68. The molecule has 0 spiro atoms. The summed E-state index contributed by atoms with van der Waals surface area (Å²) in [5.41, 5.74) is 0.811. The standard InChI is InChI=1S/C30H27F4N5O2/c31-20-15-25(27(40)37-26-9-8-23-24(36-26)16-35-38-23)39(17-20)28(41)29(10-12-30(33,34)13-11-29)19-6-7-21(22(32)14-19)18-4-2-1-3-5-18/h1-9,14,16,20,25H,10-13,15,17H2,(H,35,38)(H,36,37,40)/t20-,25?/m1/s1. The third-order valence-corrected chi connectivity index (χ3v) is 8.21. The van der Waals surface area contributed by atoms with Gasteiger partial charge in [-0.2, -0.15) is 5.10 Å². The van der Waals surface area contributed by atoms with Gasteiger partial charge in [0.25, 0.3) is 0 Å². The van der Waals surface area contributed by atoms with Crippen molar-refractivity contribution >= 4 is 28.7 Å². The predicted octanol–water partition coefficient (Wildman–Crippen LogP) is 5.79. The minimum absolute atomic E-state index is 0.198. The summed E-state index contributed by atoms with van der Waals surface area (Å²) in [6.45, 7) is -0.367. The lowest BCUT2D eigenvalue weighted by Crippen LogP contribution is -2.54. The van der Waals surface area contributed by atoms with Crippen LogP contribution < -0.4 is 5.32 Å². The summed E-state index contributed by atoms with van der Waals surface area (Å²) in [4.78, 5) is 33.0. The molecule has 1 saturated carbocycles. The van der Waals surface area contributed by atoms with E-state index in [9.17, 15) is 22.8 Å². The summed E-state index contributed by atoms with van der Waals surface area (Å²) >= 11 is 0. The van der Waals surface area contributed by atoms with Gasteiger partial charge in [0.1, 0.15) is 29.4 Å². The molecule has 2 atom stereocenters. The van der Waals surface area contributed by atoms with E-state index in [2.05, 4.69) is 20.5 Å². The molecule has 6 rings (SSSR count). The number of anilines is 1. The van der Waals surface area contributed by atoms with Crippen LogP contribution in [0.15, 0.2) is 66.9 Å². The smallest absolute Gasteiger partial charge is 0.248 e. The molecular formula is C30H27F4N5O2. The minimum Gasteiger partial charge on any atom is -0.327 e. The normalized spacial score (nSPS) is 21.6. The molecule has 1 aliphatic carbocycles. The first-order valence-electron chi connectivity index (χ1n) is 13.4. The van der Waals surface area contributed by atoms with E-state index in [0.717, 1.165) is 4.90 Å². The van der Waals surface area contributed by atoms with E-state index in [1.54, 1.807) is 48.5 Å². The van der Waals surface area contributed by atoms with Crippen molar-refractivity contribution in [1.29, 1.82) is 0 Å². The lowest BCUT2D eigenvalue weighted by molar-refractivity contribution is -0.146. The van der Waals surface area contributed by atoms with Crippen LogP contribution in [-0.4, -0.2) is 56.6 Å². The number of carbonyl (C=O) groups excluding carboxylic acids is 2. The van der Waals surface area contributed by atoms with Crippen molar-refractivity contribution in [1.82, 2.24) is 20.1 Å². The van der Waals surface area contributed by atoms with E-state index in [1.165, 1.54) is 18.3 Å². The van der Waals surface area contributed by atoms with Crippen LogP contribution in [0.2, 0.25) is 0 Å². The number of halogens is 4. The number of hydrogen-bond acceptors (Lipinski definition) is 4. The first-order chi connectivity index (χ1) is 19.6. The Hall–Kier alpha value is -4.28. The Balaban J connectivity index is 1.32. The quantitative estimate of drug-likeness (QED) is 0.300. The number of alkyl halides is 3. The Morgan fingerprint density at radius 2 is 1.76 bits per heavy atom. The molecule has 4 aromatic rings. The van der Waals surface area contributed by atoms with Crippen molar-refractivity contribution in [3.8, 4) is 11.1 Å². The van der Waals surface area contributed by atoms with Crippen molar-refractivity contribution in [2.24, 2.45) is 0 Å². The van der Waals surface area contributed by atoms with Crippen molar-refractivity contribution in [3.05, 3.63) is 78.2 Å². The Labute approximate surface area is 233 Å². The summed E-state index contributed by atoms with van der Waals surface area (Å²) in [6.07, 6.45) is -1.94. The third-order valence-electron chi connectivity index (χ3n) is 8.21. The maximum Gasteiger partial charge on any atom is 0.248 e. The highest BCUT2D eigenvalue weighted by atomic mass is 19.3. The highest BCUT2D eigenvalue weighted by Gasteiger charge is 2.53. The molecule has 2 aromatic carbocycles. The predicted molar refractivity (Wildman–Crippen MR) is 144 cm³/mol. The van der Waals surface area contributed by atoms with Gasteiger partial charge in [0, 0.05) is 24.8 Å². The SMILES string of the molecule is O=C(Nc1ccc2[nH]ncc2n1)C1C[C@@H](F)CN1C(=O)C1(c2ccc(-c3ccccc3)c(F)c2)CCC(F)(F)CC1. The zero-order chi connectivity index (χ0) is 28.8. The first kappa shape index (κ1) is 26.9. The number of likely N-dealkylation sites (tertiary alicyclic amines) is 1. The number of nitrogens with one attached hydrogen (secondary N) is 2. The van der Waals surface area contributed by atoms with Gasteiger partial charge >= 0.3 is 0 Å². The van der Waals surface area contributed by atoms with Crippen molar-refractivity contribution < 1.29 is 27.2 Å². The van der Waals surface area contributed by atoms with E-state index in [-0.39, 0.29) is 37.2 Å². The van der Waals surface area contributed by atoms with Crippen LogP contribution in [-0.2, 0) is 15.0 Å². The van der Waals surface area contributed by atoms with Gasteiger partial charge in [-0.3, -0.25) is 14.7 Å². The Kier molecular flexibility index (Phi) is 6.75. The van der Waals surface area contributed by atoms with Crippen LogP contribution in [0.3, 0.4) is 0 Å². The van der Waals surface area contributed by atoms with Crippen LogP contribution in [0.4, 0.5) is 23.4 Å². The lowest BCUT2D eigenvalue weighted by Gasteiger charge is -2.42. The molecule has 3 heterocycles. The number of hydrogen-bond donors (Lipinski definition) is 2. The zero-order valence-electron chi connectivity index (χ0n) is 21.9. The summed E-state index contributed by atoms with van der Waals surface area (Å²) in [5, 5.41) is 9.28. The molecule has 0 radical (unpaired) electrons. The second-order valence-electron chi connectivity index (χ2n) is 10.8. The molecule has 2 aliphatic rings. The number of aromatic nitrogens is 3. The minimum atomic E-state index is -2.98. The van der Waals surface area contributed by atoms with Gasteiger partial charge in [0.05, 0.1) is 23.7 Å². The number of aromatic amines is 1. The van der Waals surface area contributed by atoms with Crippen molar-refractivity contribution in [2.45, 2.75) is 55.7 Å². The van der Waals surface area contributed by atoms with E-state index < -0.39 is 54.0 Å².